The van der Waals surface area contributed by atoms with Gasteiger partial charge in [0, 0.05) is 0 Å². The van der Waals surface area contributed by atoms with E-state index in [0.717, 1.165) is 73.6 Å². The smallest absolute Gasteiger partial charge is 0.343 e. The van der Waals surface area contributed by atoms with E-state index in [0.29, 0.717) is 11.1 Å². The molecule has 0 amide bonds. The van der Waals surface area contributed by atoms with Gasteiger partial charge in [0.25, 0.3) is 0 Å². The van der Waals surface area contributed by atoms with E-state index in [1.54, 1.807) is 72.8 Å². The van der Waals surface area contributed by atoms with E-state index in [1.165, 1.54) is 63.5 Å². The molecule has 76 heavy (non-hydrogen) atoms. The Balaban J connectivity index is 0.936. The second-order valence-corrected chi connectivity index (χ2v) is 18.3. The van der Waals surface area contributed by atoms with E-state index in [4.69, 9.17) is 37.9 Å². The molecule has 0 spiro atoms. The highest BCUT2D eigenvalue weighted by molar-refractivity contribution is 5.94. The van der Waals surface area contributed by atoms with E-state index in [9.17, 15) is 28.8 Å². The van der Waals surface area contributed by atoms with Crippen molar-refractivity contribution in [3.05, 3.63) is 156 Å². The van der Waals surface area contributed by atoms with Crippen LogP contribution in [0.5, 0.6) is 34.5 Å². The Bertz CT molecular complexity index is 2690. The largest absolute Gasteiger partial charge is 0.493 e. The molecule has 398 valence electrons. The van der Waals surface area contributed by atoms with Crippen LogP contribution in [0.25, 0.3) is 22.3 Å². The Morgan fingerprint density at radius 1 is 0.368 bits per heavy atom. The van der Waals surface area contributed by atoms with Crippen LogP contribution in [0.3, 0.4) is 0 Å². The first-order chi connectivity index (χ1) is 36.8. The summed E-state index contributed by atoms with van der Waals surface area (Å²) in [6, 6.07) is 36.4. The van der Waals surface area contributed by atoms with Gasteiger partial charge in [-0.15, -0.1) is 0 Å². The van der Waals surface area contributed by atoms with E-state index >= 15 is 0 Å². The van der Waals surface area contributed by atoms with Crippen molar-refractivity contribution in [3.63, 3.8) is 0 Å². The third-order valence-electron chi connectivity index (χ3n) is 12.4. The summed E-state index contributed by atoms with van der Waals surface area (Å²) in [6.07, 6.45) is 9.58. The van der Waals surface area contributed by atoms with Crippen LogP contribution in [0.2, 0.25) is 0 Å². The van der Waals surface area contributed by atoms with E-state index in [2.05, 4.69) is 13.8 Å². The van der Waals surface area contributed by atoms with Gasteiger partial charge in [-0.2, -0.15) is 0 Å². The Morgan fingerprint density at radius 2 is 0.697 bits per heavy atom. The van der Waals surface area contributed by atoms with Gasteiger partial charge < -0.3 is 37.9 Å². The molecule has 2 unspecified atom stereocenters. The SMILES string of the molecule is CCCCCCC(C)OC(=O)c1ccc(-c2ccc(OC(=O)c3ccc(OC(=O)CCC(=O)Oc4ccc(C(=O)Oc5ccc(-c6ccc(C(=O)OC(C)CCCCCC)cc6)cc5)cc4OC)c(OC)c3)cc2)cc1. The van der Waals surface area contributed by atoms with E-state index in [-0.39, 0.29) is 82.6 Å². The number of carbonyl (C=O) groups excluding carboxylic acids is 6. The van der Waals surface area contributed by atoms with Crippen molar-refractivity contribution >= 4 is 35.8 Å². The number of rotatable bonds is 27. The lowest BCUT2D eigenvalue weighted by molar-refractivity contribution is -0.140. The first-order valence-electron chi connectivity index (χ1n) is 25.8. The second-order valence-electron chi connectivity index (χ2n) is 18.3. The van der Waals surface area contributed by atoms with Crippen molar-refractivity contribution in [1.82, 2.24) is 0 Å². The lowest BCUT2D eigenvalue weighted by atomic mass is 10.0. The predicted molar refractivity (Wildman–Crippen MR) is 287 cm³/mol. The molecule has 6 aromatic rings. The summed E-state index contributed by atoms with van der Waals surface area (Å²) in [7, 11) is 2.69. The first-order valence-corrected chi connectivity index (χ1v) is 25.8. The highest BCUT2D eigenvalue weighted by Gasteiger charge is 2.21. The Kier molecular flexibility index (Phi) is 21.8. The van der Waals surface area contributed by atoms with Crippen molar-refractivity contribution < 1.29 is 66.7 Å². The number of hydrogen-bond donors (Lipinski definition) is 0. The first kappa shape index (κ1) is 57.0. The molecule has 14 heteroatoms. The van der Waals surface area contributed by atoms with Crippen molar-refractivity contribution in [2.24, 2.45) is 0 Å². The van der Waals surface area contributed by atoms with Gasteiger partial charge in [-0.3, -0.25) is 9.59 Å². The van der Waals surface area contributed by atoms with E-state index in [1.807, 2.05) is 38.1 Å². The molecule has 0 radical (unpaired) electrons. The standard InChI is InChI=1S/C62H66O14/c1-7-9-11-13-15-41(3)71-59(65)47-21-17-43(18-22-47)45-25-31-51(32-26-45)73-61(67)49-29-35-53(55(39-49)69-5)75-57(63)37-38-58(64)76-54-36-30-50(40-56(54)70-6)62(68)74-52-33-27-46(28-34-52)44-19-23-48(24-20-44)60(66)72-42(4)16-14-12-10-8-2/h17-36,39-42H,7-16,37-38H2,1-6H3. The maximum absolute atomic E-state index is 13.1. The highest BCUT2D eigenvalue weighted by atomic mass is 16.6. The number of unbranched alkanes of at least 4 members (excludes halogenated alkanes) is 6. The second kappa shape index (κ2) is 29.0. The van der Waals surface area contributed by atoms with Crippen molar-refractivity contribution in [3.8, 4) is 56.8 Å². The summed E-state index contributed by atoms with van der Waals surface area (Å²) in [6.45, 7) is 8.15. The van der Waals surface area contributed by atoms with Gasteiger partial charge in [-0.25, -0.2) is 19.2 Å². The number of hydrogen-bond acceptors (Lipinski definition) is 14. The number of benzene rings is 6. The fraction of sp³-hybridized carbons (Fsp3) is 0.323. The van der Waals surface area contributed by atoms with Crippen LogP contribution >= 0.6 is 0 Å². The van der Waals surface area contributed by atoms with Crippen molar-refractivity contribution in [1.29, 1.82) is 0 Å². The zero-order valence-electron chi connectivity index (χ0n) is 44.1. The minimum atomic E-state index is -0.769. The highest BCUT2D eigenvalue weighted by Crippen LogP contribution is 2.32. The van der Waals surface area contributed by atoms with Crippen LogP contribution in [0.4, 0.5) is 0 Å². The monoisotopic (exact) mass is 1030 g/mol. The maximum atomic E-state index is 13.1. The minimum absolute atomic E-state index is 0.0151. The van der Waals surface area contributed by atoms with Crippen molar-refractivity contribution in [2.75, 3.05) is 14.2 Å². The lowest BCUT2D eigenvalue weighted by Gasteiger charge is -2.13. The number of ether oxygens (including phenoxy) is 8. The summed E-state index contributed by atoms with van der Waals surface area (Å²) >= 11 is 0. The quantitative estimate of drug-likeness (QED) is 0.0270. The molecule has 6 aromatic carbocycles. The Hall–Kier alpha value is -8.26. The summed E-state index contributed by atoms with van der Waals surface area (Å²) in [5.74, 6) is -2.85. The fourth-order valence-electron chi connectivity index (χ4n) is 8.01. The molecule has 0 bridgehead atoms. The summed E-state index contributed by atoms with van der Waals surface area (Å²) in [5, 5.41) is 0. The Morgan fingerprint density at radius 3 is 1.03 bits per heavy atom. The number of esters is 6. The van der Waals surface area contributed by atoms with Gasteiger partial charge in [-0.05, 0) is 147 Å². The van der Waals surface area contributed by atoms with Gasteiger partial charge in [0.1, 0.15) is 11.5 Å². The molecule has 0 saturated heterocycles. The van der Waals surface area contributed by atoms with Crippen LogP contribution in [0.15, 0.2) is 133 Å². The molecule has 6 rings (SSSR count). The summed E-state index contributed by atoms with van der Waals surface area (Å²) in [5.41, 5.74) is 4.61. The Labute approximate surface area is 444 Å². The van der Waals surface area contributed by atoms with Crippen LogP contribution in [-0.2, 0) is 19.1 Å². The zero-order chi connectivity index (χ0) is 54.4. The summed E-state index contributed by atoms with van der Waals surface area (Å²) in [4.78, 5) is 77.3. The third kappa shape index (κ3) is 17.2. The van der Waals surface area contributed by atoms with E-state index < -0.39 is 23.9 Å². The molecule has 0 aromatic heterocycles. The lowest BCUT2D eigenvalue weighted by Crippen LogP contribution is -2.15. The van der Waals surface area contributed by atoms with Crippen LogP contribution < -0.4 is 28.4 Å². The topological polar surface area (TPSA) is 176 Å². The van der Waals surface area contributed by atoms with Crippen molar-refractivity contribution in [2.45, 2.75) is 117 Å². The molecule has 0 saturated carbocycles. The van der Waals surface area contributed by atoms with Gasteiger partial charge in [0.05, 0.1) is 61.5 Å². The van der Waals surface area contributed by atoms with Gasteiger partial charge in [0.15, 0.2) is 23.0 Å². The molecular weight excluding hydrogens is 969 g/mol. The van der Waals surface area contributed by atoms with Crippen LogP contribution in [0, 0.1) is 0 Å². The predicted octanol–water partition coefficient (Wildman–Crippen LogP) is 13.8. The van der Waals surface area contributed by atoms with Crippen LogP contribution in [-0.4, -0.2) is 62.2 Å². The molecule has 0 N–H and O–H groups in total. The third-order valence-corrected chi connectivity index (χ3v) is 12.4. The van der Waals surface area contributed by atoms with Crippen LogP contribution in [0.1, 0.15) is 146 Å². The number of carbonyl (C=O) groups is 6. The average Bonchev–Trinajstić information content (AvgIpc) is 3.43. The molecule has 0 heterocycles. The molecule has 14 nitrogen and oxygen atoms in total. The molecule has 0 aliphatic rings. The zero-order valence-corrected chi connectivity index (χ0v) is 44.1. The van der Waals surface area contributed by atoms with Gasteiger partial charge in [0.2, 0.25) is 0 Å². The molecular formula is C62H66O14. The molecule has 0 fully saturated rings. The molecule has 0 aliphatic heterocycles. The van der Waals surface area contributed by atoms with Gasteiger partial charge >= 0.3 is 35.8 Å². The van der Waals surface area contributed by atoms with Gasteiger partial charge in [-0.1, -0.05) is 101 Å². The maximum Gasteiger partial charge on any atom is 0.343 e. The normalized spacial score (nSPS) is 11.6. The average molecular weight is 1040 g/mol. The summed E-state index contributed by atoms with van der Waals surface area (Å²) < 4.78 is 44.1. The number of methoxy groups -OCH3 is 2. The molecule has 2 atom stereocenters. The minimum Gasteiger partial charge on any atom is -0.493 e. The molecule has 0 aliphatic carbocycles. The fourth-order valence-corrected chi connectivity index (χ4v) is 8.01.